The van der Waals surface area contributed by atoms with Crippen molar-refractivity contribution in [3.63, 3.8) is 0 Å². The van der Waals surface area contributed by atoms with E-state index in [1.165, 1.54) is 0 Å². The molecule has 2 aromatic heterocycles. The van der Waals surface area contributed by atoms with E-state index in [4.69, 9.17) is 13.6 Å². The molecular weight excluding hydrogens is 286 g/mol. The number of aromatic nitrogens is 2. The number of carbonyl (C=O) groups is 1. The topological polar surface area (TPSA) is 81.6 Å². The lowest BCUT2D eigenvalue weighted by Gasteiger charge is -2.30. The van der Waals surface area contributed by atoms with Gasteiger partial charge in [-0.2, -0.15) is 0 Å². The summed E-state index contributed by atoms with van der Waals surface area (Å²) in [6.45, 7) is 4.36. The number of rotatable bonds is 5. The lowest BCUT2D eigenvalue weighted by molar-refractivity contribution is -0.150. The number of hydrogen-bond acceptors (Lipinski definition) is 7. The predicted molar refractivity (Wildman–Crippen MR) is 76.6 cm³/mol. The van der Waals surface area contributed by atoms with Crippen LogP contribution in [0.25, 0.3) is 11.7 Å². The molecular formula is C15H19N3O4. The van der Waals surface area contributed by atoms with Crippen LogP contribution in [-0.2, 0) is 16.1 Å². The highest BCUT2D eigenvalue weighted by molar-refractivity contribution is 5.72. The highest BCUT2D eigenvalue weighted by Crippen LogP contribution is 2.22. The monoisotopic (exact) mass is 305 g/mol. The Morgan fingerprint density at radius 3 is 3.18 bits per heavy atom. The first-order valence-corrected chi connectivity index (χ1v) is 7.51. The Labute approximate surface area is 128 Å². The summed E-state index contributed by atoms with van der Waals surface area (Å²) in [6, 6.07) is 3.54. The Kier molecular flexibility index (Phi) is 4.53. The van der Waals surface area contributed by atoms with Crippen LogP contribution in [0.3, 0.4) is 0 Å². The van der Waals surface area contributed by atoms with Gasteiger partial charge in [-0.1, -0.05) is 0 Å². The molecule has 0 bridgehead atoms. The van der Waals surface area contributed by atoms with Gasteiger partial charge in [-0.25, -0.2) is 0 Å². The van der Waals surface area contributed by atoms with Crippen LogP contribution < -0.4 is 0 Å². The number of furan rings is 1. The smallest absolute Gasteiger partial charge is 0.310 e. The number of carbonyl (C=O) groups excluding carboxylic acids is 1. The summed E-state index contributed by atoms with van der Waals surface area (Å²) < 4.78 is 15.9. The van der Waals surface area contributed by atoms with Crippen LogP contribution >= 0.6 is 0 Å². The number of hydrogen-bond donors (Lipinski definition) is 0. The molecule has 1 aliphatic rings. The maximum absolute atomic E-state index is 11.8. The second-order valence-corrected chi connectivity index (χ2v) is 5.30. The van der Waals surface area contributed by atoms with Gasteiger partial charge in [0.15, 0.2) is 5.76 Å². The van der Waals surface area contributed by atoms with Crippen LogP contribution in [0, 0.1) is 5.92 Å². The second kappa shape index (κ2) is 6.74. The molecule has 0 N–H and O–H groups in total. The minimum Gasteiger partial charge on any atom is -0.466 e. The molecule has 0 amide bonds. The van der Waals surface area contributed by atoms with Gasteiger partial charge < -0.3 is 13.6 Å². The number of ether oxygens (including phenoxy) is 1. The Balaban J connectivity index is 1.60. The van der Waals surface area contributed by atoms with Gasteiger partial charge >= 0.3 is 5.97 Å². The van der Waals surface area contributed by atoms with Gasteiger partial charge in [-0.15, -0.1) is 10.2 Å². The second-order valence-electron chi connectivity index (χ2n) is 5.30. The van der Waals surface area contributed by atoms with Gasteiger partial charge in [0.1, 0.15) is 0 Å². The molecule has 0 aromatic carbocycles. The molecule has 1 unspecified atom stereocenters. The van der Waals surface area contributed by atoms with Gasteiger partial charge in [0, 0.05) is 6.54 Å². The van der Waals surface area contributed by atoms with Crippen molar-refractivity contribution in [2.45, 2.75) is 26.3 Å². The summed E-state index contributed by atoms with van der Waals surface area (Å²) in [6.07, 6.45) is 3.40. The van der Waals surface area contributed by atoms with Crippen molar-refractivity contribution >= 4 is 5.97 Å². The molecule has 3 heterocycles. The van der Waals surface area contributed by atoms with E-state index in [1.54, 1.807) is 18.4 Å². The van der Waals surface area contributed by atoms with E-state index in [9.17, 15) is 4.79 Å². The van der Waals surface area contributed by atoms with Gasteiger partial charge in [-0.3, -0.25) is 9.69 Å². The molecule has 0 radical (unpaired) electrons. The number of nitrogens with zero attached hydrogens (tertiary/aromatic N) is 3. The Hall–Kier alpha value is -2.15. The molecule has 2 aromatic rings. The summed E-state index contributed by atoms with van der Waals surface area (Å²) in [4.78, 5) is 14.0. The SMILES string of the molecule is CCOC(=O)C1CCCN(Cc2nnc(-c3ccco3)o2)C1. The van der Waals surface area contributed by atoms with Crippen LogP contribution in [0.15, 0.2) is 27.2 Å². The molecule has 0 aliphatic carbocycles. The normalized spacial score (nSPS) is 19.2. The van der Waals surface area contributed by atoms with Crippen LogP contribution in [0.1, 0.15) is 25.7 Å². The quantitative estimate of drug-likeness (QED) is 0.782. The molecule has 1 atom stereocenters. The molecule has 1 fully saturated rings. The highest BCUT2D eigenvalue weighted by atomic mass is 16.5. The van der Waals surface area contributed by atoms with Crippen LogP contribution in [0.2, 0.25) is 0 Å². The molecule has 3 rings (SSSR count). The molecule has 7 heteroatoms. The number of esters is 1. The van der Waals surface area contributed by atoms with Gasteiger partial charge in [0.25, 0.3) is 5.89 Å². The minimum absolute atomic E-state index is 0.0684. The van der Waals surface area contributed by atoms with E-state index >= 15 is 0 Å². The minimum atomic E-state index is -0.117. The Bertz CT molecular complexity index is 608. The van der Waals surface area contributed by atoms with E-state index in [0.29, 0.717) is 37.2 Å². The van der Waals surface area contributed by atoms with Crippen LogP contribution in [0.4, 0.5) is 0 Å². The zero-order valence-electron chi connectivity index (χ0n) is 12.5. The van der Waals surface area contributed by atoms with Gasteiger partial charge in [-0.05, 0) is 38.4 Å². The summed E-state index contributed by atoms with van der Waals surface area (Å²) in [7, 11) is 0. The average Bonchev–Trinajstić information content (AvgIpc) is 3.18. The van der Waals surface area contributed by atoms with Crippen LogP contribution in [-0.4, -0.2) is 40.8 Å². The fourth-order valence-corrected chi connectivity index (χ4v) is 2.66. The van der Waals surface area contributed by atoms with E-state index in [0.717, 1.165) is 19.4 Å². The number of piperidine rings is 1. The molecule has 7 nitrogen and oxygen atoms in total. The number of likely N-dealkylation sites (tertiary alicyclic amines) is 1. The average molecular weight is 305 g/mol. The maximum atomic E-state index is 11.8. The molecule has 1 saturated heterocycles. The molecule has 1 aliphatic heterocycles. The standard InChI is InChI=1S/C15H19N3O4/c1-2-20-15(19)11-5-3-7-18(9-11)10-13-16-17-14(22-13)12-6-4-8-21-12/h4,6,8,11H,2-3,5,7,9-10H2,1H3. The molecule has 118 valence electrons. The summed E-state index contributed by atoms with van der Waals surface area (Å²) >= 11 is 0. The van der Waals surface area contributed by atoms with Crippen molar-refractivity contribution in [3.05, 3.63) is 24.3 Å². The summed E-state index contributed by atoms with van der Waals surface area (Å²) in [5.74, 6) is 1.27. The lowest BCUT2D eigenvalue weighted by Crippen LogP contribution is -2.39. The molecule has 0 spiro atoms. The molecule has 0 saturated carbocycles. The molecule has 22 heavy (non-hydrogen) atoms. The Morgan fingerprint density at radius 2 is 2.41 bits per heavy atom. The van der Waals surface area contributed by atoms with E-state index in [1.807, 2.05) is 6.92 Å². The fourth-order valence-electron chi connectivity index (χ4n) is 2.66. The van der Waals surface area contributed by atoms with Crippen molar-refractivity contribution in [1.82, 2.24) is 15.1 Å². The zero-order chi connectivity index (χ0) is 15.4. The van der Waals surface area contributed by atoms with Crippen LogP contribution in [0.5, 0.6) is 0 Å². The third-order valence-corrected chi connectivity index (χ3v) is 3.68. The largest absolute Gasteiger partial charge is 0.466 e. The highest BCUT2D eigenvalue weighted by Gasteiger charge is 2.27. The van der Waals surface area contributed by atoms with Crippen molar-refractivity contribution in [2.75, 3.05) is 19.7 Å². The van der Waals surface area contributed by atoms with Gasteiger partial charge in [0.05, 0.1) is 25.3 Å². The summed E-state index contributed by atoms with van der Waals surface area (Å²) in [5.41, 5.74) is 0. The van der Waals surface area contributed by atoms with Crippen molar-refractivity contribution < 1.29 is 18.4 Å². The van der Waals surface area contributed by atoms with E-state index in [2.05, 4.69) is 15.1 Å². The van der Waals surface area contributed by atoms with Gasteiger partial charge in [0.2, 0.25) is 5.89 Å². The first-order valence-electron chi connectivity index (χ1n) is 7.51. The van der Waals surface area contributed by atoms with Crippen molar-refractivity contribution in [3.8, 4) is 11.7 Å². The van der Waals surface area contributed by atoms with E-state index in [-0.39, 0.29) is 11.9 Å². The first kappa shape index (κ1) is 14.8. The fraction of sp³-hybridized carbons (Fsp3) is 0.533. The summed E-state index contributed by atoms with van der Waals surface area (Å²) in [5, 5.41) is 8.02. The third-order valence-electron chi connectivity index (χ3n) is 3.68. The van der Waals surface area contributed by atoms with Crippen molar-refractivity contribution in [2.24, 2.45) is 5.92 Å². The van der Waals surface area contributed by atoms with Crippen molar-refractivity contribution in [1.29, 1.82) is 0 Å². The maximum Gasteiger partial charge on any atom is 0.310 e. The third kappa shape index (κ3) is 3.36. The first-order chi connectivity index (χ1) is 10.8. The predicted octanol–water partition coefficient (Wildman–Crippen LogP) is 2.10. The lowest BCUT2D eigenvalue weighted by atomic mass is 9.98. The zero-order valence-corrected chi connectivity index (χ0v) is 12.5. The van der Waals surface area contributed by atoms with E-state index < -0.39 is 0 Å². The Morgan fingerprint density at radius 1 is 1.50 bits per heavy atom.